The normalized spacial score (nSPS) is 9.50. The molecule has 1 nitrogen and oxygen atoms in total. The van der Waals surface area contributed by atoms with Gasteiger partial charge in [0.1, 0.15) is 5.76 Å². The molecule has 0 radical (unpaired) electrons. The molecule has 0 unspecified atom stereocenters. The fraction of sp³-hybridized carbons (Fsp3) is 0.238. The van der Waals surface area contributed by atoms with Crippen LogP contribution in [0.1, 0.15) is 33.3 Å². The van der Waals surface area contributed by atoms with Crippen molar-refractivity contribution in [1.82, 2.24) is 0 Å². The molecule has 3 aromatic rings. The predicted molar refractivity (Wildman–Crippen MR) is 101 cm³/mol. The molecule has 0 bridgehead atoms. The van der Waals surface area contributed by atoms with Gasteiger partial charge in [-0.15, -0.1) is 0 Å². The van der Waals surface area contributed by atoms with Crippen molar-refractivity contribution >= 4 is 33.9 Å². The molecule has 0 saturated carbocycles. The van der Waals surface area contributed by atoms with E-state index >= 15 is 0 Å². The first kappa shape index (κ1) is 17.8. The molecule has 1 heteroatoms. The molecule has 0 aliphatic rings. The molecule has 0 N–H and O–H groups in total. The Labute approximate surface area is 133 Å². The number of methoxy groups -OCH3 is 1. The van der Waals surface area contributed by atoms with E-state index in [0.717, 1.165) is 16.2 Å². The van der Waals surface area contributed by atoms with Gasteiger partial charge in [-0.05, 0) is 21.4 Å². The van der Waals surface area contributed by atoms with Gasteiger partial charge in [-0.2, -0.15) is 0 Å². The van der Waals surface area contributed by atoms with E-state index in [0.29, 0.717) is 5.76 Å². The minimum atomic E-state index is 0.679. The SMILES string of the molecule is C=C(OC)c1ccc2cccc3ccc(=C)c1c23.CC.CC. The summed E-state index contributed by atoms with van der Waals surface area (Å²) < 4.78 is 5.28. The quantitative estimate of drug-likeness (QED) is 0.543. The van der Waals surface area contributed by atoms with Crippen LogP contribution in [0.3, 0.4) is 0 Å². The summed E-state index contributed by atoms with van der Waals surface area (Å²) in [6.45, 7) is 16.1. The first-order valence-electron chi connectivity index (χ1n) is 7.88. The monoisotopic (exact) mass is 294 g/mol. The second-order valence-electron chi connectivity index (χ2n) is 4.42. The fourth-order valence-corrected chi connectivity index (χ4v) is 2.50. The minimum absolute atomic E-state index is 0.679. The van der Waals surface area contributed by atoms with E-state index in [9.17, 15) is 0 Å². The lowest BCUT2D eigenvalue weighted by atomic mass is 9.95. The van der Waals surface area contributed by atoms with Crippen LogP contribution in [0.5, 0.6) is 0 Å². The van der Waals surface area contributed by atoms with Crippen LogP contribution < -0.4 is 5.22 Å². The number of benzene rings is 3. The van der Waals surface area contributed by atoms with E-state index in [4.69, 9.17) is 4.74 Å². The molecule has 0 amide bonds. The van der Waals surface area contributed by atoms with Crippen molar-refractivity contribution in [2.24, 2.45) is 0 Å². The Kier molecular flexibility index (Phi) is 6.65. The van der Waals surface area contributed by atoms with Crippen LogP contribution in [0.2, 0.25) is 0 Å². The molecule has 116 valence electrons. The van der Waals surface area contributed by atoms with Crippen molar-refractivity contribution in [1.29, 1.82) is 0 Å². The van der Waals surface area contributed by atoms with Crippen LogP contribution in [0.15, 0.2) is 49.0 Å². The molecule has 0 atom stereocenters. The summed E-state index contributed by atoms with van der Waals surface area (Å²) >= 11 is 0. The first-order chi connectivity index (χ1) is 10.7. The van der Waals surface area contributed by atoms with Gasteiger partial charge < -0.3 is 4.74 Å². The fourth-order valence-electron chi connectivity index (χ4n) is 2.50. The van der Waals surface area contributed by atoms with Gasteiger partial charge in [-0.1, -0.05) is 83.3 Å². The second kappa shape index (κ2) is 8.23. The van der Waals surface area contributed by atoms with Crippen LogP contribution >= 0.6 is 0 Å². The maximum absolute atomic E-state index is 5.28. The van der Waals surface area contributed by atoms with Crippen molar-refractivity contribution in [2.75, 3.05) is 7.11 Å². The van der Waals surface area contributed by atoms with Crippen LogP contribution in [-0.2, 0) is 4.74 Å². The maximum Gasteiger partial charge on any atom is 0.119 e. The second-order valence-corrected chi connectivity index (χ2v) is 4.42. The lowest BCUT2D eigenvalue weighted by Gasteiger charge is -2.12. The Morgan fingerprint density at radius 2 is 1.36 bits per heavy atom. The van der Waals surface area contributed by atoms with Gasteiger partial charge in [0.25, 0.3) is 0 Å². The molecule has 0 saturated heterocycles. The molecular weight excluding hydrogens is 268 g/mol. The average Bonchev–Trinajstić information content (AvgIpc) is 2.61. The number of hydrogen-bond acceptors (Lipinski definition) is 1. The van der Waals surface area contributed by atoms with E-state index < -0.39 is 0 Å². The van der Waals surface area contributed by atoms with Gasteiger partial charge in [-0.3, -0.25) is 0 Å². The maximum atomic E-state index is 5.28. The Bertz CT molecular complexity index is 784. The Morgan fingerprint density at radius 1 is 0.818 bits per heavy atom. The summed E-state index contributed by atoms with van der Waals surface area (Å²) in [5.41, 5.74) is 1.02. The molecule has 0 aliphatic carbocycles. The van der Waals surface area contributed by atoms with E-state index in [-0.39, 0.29) is 0 Å². The van der Waals surface area contributed by atoms with Crippen LogP contribution in [0, 0.1) is 0 Å². The van der Waals surface area contributed by atoms with Gasteiger partial charge >= 0.3 is 0 Å². The van der Waals surface area contributed by atoms with Crippen molar-refractivity contribution in [3.8, 4) is 0 Å². The molecule has 3 aromatic carbocycles. The summed E-state index contributed by atoms with van der Waals surface area (Å²) in [6.07, 6.45) is 0. The zero-order chi connectivity index (χ0) is 16.7. The highest BCUT2D eigenvalue weighted by Crippen LogP contribution is 2.29. The van der Waals surface area contributed by atoms with Gasteiger partial charge in [0.15, 0.2) is 0 Å². The zero-order valence-electron chi connectivity index (χ0n) is 14.4. The molecule has 0 spiro atoms. The Morgan fingerprint density at radius 3 is 1.91 bits per heavy atom. The minimum Gasteiger partial charge on any atom is -0.497 e. The van der Waals surface area contributed by atoms with Gasteiger partial charge in [0.2, 0.25) is 0 Å². The molecule has 0 heterocycles. The molecule has 3 rings (SSSR count). The Balaban J connectivity index is 0.000000561. The van der Waals surface area contributed by atoms with E-state index in [1.165, 1.54) is 16.2 Å². The first-order valence-corrected chi connectivity index (χ1v) is 7.88. The van der Waals surface area contributed by atoms with Crippen molar-refractivity contribution < 1.29 is 4.74 Å². The van der Waals surface area contributed by atoms with Gasteiger partial charge in [0, 0.05) is 10.9 Å². The molecule has 0 aliphatic heterocycles. The van der Waals surface area contributed by atoms with Crippen LogP contribution in [-0.4, -0.2) is 7.11 Å². The molecule has 0 fully saturated rings. The van der Waals surface area contributed by atoms with Gasteiger partial charge in [0.05, 0.1) is 7.11 Å². The third-order valence-electron chi connectivity index (χ3n) is 3.41. The lowest BCUT2D eigenvalue weighted by molar-refractivity contribution is 0.372. The summed E-state index contributed by atoms with van der Waals surface area (Å²) in [5.74, 6) is 0.679. The standard InChI is InChI=1S/C17H14O.2C2H6/c1-11-7-8-13-5-4-6-14-9-10-15(12(2)18-3)16(11)17(13)14;2*1-2/h4-10H,1-2H2,3H3;2*1-2H3. The highest BCUT2D eigenvalue weighted by molar-refractivity contribution is 6.13. The highest BCUT2D eigenvalue weighted by atomic mass is 16.5. The topological polar surface area (TPSA) is 9.23 Å². The summed E-state index contributed by atoms with van der Waals surface area (Å²) in [6, 6.07) is 14.6. The van der Waals surface area contributed by atoms with Crippen LogP contribution in [0.25, 0.3) is 33.9 Å². The Hall–Kier alpha value is -2.28. The molecule has 22 heavy (non-hydrogen) atoms. The summed E-state index contributed by atoms with van der Waals surface area (Å²) in [7, 11) is 1.65. The zero-order valence-corrected chi connectivity index (χ0v) is 14.4. The number of ether oxygens (including phenoxy) is 1. The van der Waals surface area contributed by atoms with Crippen molar-refractivity contribution in [3.63, 3.8) is 0 Å². The van der Waals surface area contributed by atoms with Crippen molar-refractivity contribution in [3.05, 3.63) is 59.8 Å². The van der Waals surface area contributed by atoms with E-state index in [1.807, 2.05) is 33.8 Å². The predicted octanol–water partition coefficient (Wildman–Crippen LogP) is 5.79. The summed E-state index contributed by atoms with van der Waals surface area (Å²) in [4.78, 5) is 0. The largest absolute Gasteiger partial charge is 0.497 e. The number of rotatable bonds is 2. The van der Waals surface area contributed by atoms with E-state index in [2.05, 4.69) is 49.6 Å². The molecular formula is C21H26O. The number of hydrogen-bond donors (Lipinski definition) is 0. The van der Waals surface area contributed by atoms with Crippen molar-refractivity contribution in [2.45, 2.75) is 27.7 Å². The third-order valence-corrected chi connectivity index (χ3v) is 3.41. The van der Waals surface area contributed by atoms with E-state index in [1.54, 1.807) is 7.11 Å². The lowest BCUT2D eigenvalue weighted by Crippen LogP contribution is -2.03. The third kappa shape index (κ3) is 3.14. The van der Waals surface area contributed by atoms with Gasteiger partial charge in [-0.25, -0.2) is 0 Å². The average molecular weight is 294 g/mol. The highest BCUT2D eigenvalue weighted by Gasteiger charge is 2.09. The molecule has 0 aromatic heterocycles. The smallest absolute Gasteiger partial charge is 0.119 e. The van der Waals surface area contributed by atoms with Crippen LogP contribution in [0.4, 0.5) is 0 Å². The summed E-state index contributed by atoms with van der Waals surface area (Å²) in [5, 5.41) is 5.83.